The summed E-state index contributed by atoms with van der Waals surface area (Å²) in [4.78, 5) is 0. The molecule has 19 heavy (non-hydrogen) atoms. The molecule has 2 aromatic carbocycles. The van der Waals surface area contributed by atoms with Gasteiger partial charge in [0.2, 0.25) is 0 Å². The Morgan fingerprint density at radius 2 is 1.79 bits per heavy atom. The molecule has 1 saturated carbocycles. The maximum absolute atomic E-state index is 10.1. The lowest BCUT2D eigenvalue weighted by Gasteiger charge is -2.13. The molecule has 2 aromatic rings. The van der Waals surface area contributed by atoms with Crippen molar-refractivity contribution in [1.29, 1.82) is 0 Å². The topological polar surface area (TPSA) is 49.7 Å². The van der Waals surface area contributed by atoms with Crippen molar-refractivity contribution in [2.45, 2.75) is 25.0 Å². The van der Waals surface area contributed by atoms with Gasteiger partial charge in [0.25, 0.3) is 0 Å². The van der Waals surface area contributed by atoms with Crippen LogP contribution >= 0.6 is 0 Å². The number of hydrogen-bond donors (Lipinski definition) is 2. The Labute approximate surface area is 112 Å². The Kier molecular flexibility index (Phi) is 2.91. The largest absolute Gasteiger partial charge is 0.504 e. The molecule has 0 atom stereocenters. The first-order valence-electron chi connectivity index (χ1n) is 6.40. The van der Waals surface area contributed by atoms with Gasteiger partial charge in [-0.15, -0.1) is 0 Å². The third-order valence-corrected chi connectivity index (χ3v) is 3.46. The zero-order chi connectivity index (χ0) is 13.3. The summed E-state index contributed by atoms with van der Waals surface area (Å²) in [6, 6.07) is 14.8. The molecular weight excluding hydrogens is 240 g/mol. The molecule has 0 spiro atoms. The lowest BCUT2D eigenvalue weighted by atomic mass is 10.1. The zero-order valence-corrected chi connectivity index (χ0v) is 10.5. The van der Waals surface area contributed by atoms with Crippen molar-refractivity contribution in [1.82, 2.24) is 0 Å². The van der Waals surface area contributed by atoms with Crippen molar-refractivity contribution in [3.63, 3.8) is 0 Å². The number of phenolic OH excluding ortho intramolecular Hbond substituents is 1. The molecule has 1 fully saturated rings. The van der Waals surface area contributed by atoms with E-state index in [0.717, 1.165) is 24.0 Å². The van der Waals surface area contributed by atoms with Crippen LogP contribution in [0.25, 0.3) is 0 Å². The molecule has 0 aliphatic heterocycles. The molecule has 0 bridgehead atoms. The van der Waals surface area contributed by atoms with Crippen LogP contribution in [-0.4, -0.2) is 10.2 Å². The van der Waals surface area contributed by atoms with Crippen molar-refractivity contribution in [2.75, 3.05) is 0 Å². The quantitative estimate of drug-likeness (QED) is 0.884. The van der Waals surface area contributed by atoms with E-state index in [1.54, 1.807) is 18.2 Å². The van der Waals surface area contributed by atoms with Crippen LogP contribution in [-0.2, 0) is 12.2 Å². The number of ether oxygens (including phenoxy) is 1. The van der Waals surface area contributed by atoms with Gasteiger partial charge < -0.3 is 14.9 Å². The summed E-state index contributed by atoms with van der Waals surface area (Å²) in [6.07, 6.45) is 1.55. The second kappa shape index (κ2) is 4.59. The van der Waals surface area contributed by atoms with Crippen molar-refractivity contribution in [3.8, 4) is 11.5 Å². The first-order valence-corrected chi connectivity index (χ1v) is 6.40. The van der Waals surface area contributed by atoms with Gasteiger partial charge in [-0.25, -0.2) is 0 Å². The van der Waals surface area contributed by atoms with E-state index in [9.17, 15) is 10.2 Å². The Morgan fingerprint density at radius 3 is 2.47 bits per heavy atom. The molecule has 1 aliphatic rings. The van der Waals surface area contributed by atoms with Crippen LogP contribution in [0.4, 0.5) is 0 Å². The molecular formula is C16H16O3. The minimum Gasteiger partial charge on any atom is -0.504 e. The van der Waals surface area contributed by atoms with Crippen molar-refractivity contribution < 1.29 is 14.9 Å². The van der Waals surface area contributed by atoms with Crippen LogP contribution in [0, 0.1) is 0 Å². The highest BCUT2D eigenvalue weighted by molar-refractivity contribution is 5.45. The van der Waals surface area contributed by atoms with E-state index >= 15 is 0 Å². The average Bonchev–Trinajstić information content (AvgIpc) is 3.18. The minimum atomic E-state index is -0.710. The third-order valence-electron chi connectivity index (χ3n) is 3.46. The van der Waals surface area contributed by atoms with Crippen LogP contribution in [0.2, 0.25) is 0 Å². The van der Waals surface area contributed by atoms with Gasteiger partial charge in [-0.1, -0.05) is 36.4 Å². The van der Waals surface area contributed by atoms with Gasteiger partial charge in [0.15, 0.2) is 11.5 Å². The molecule has 0 aromatic heterocycles. The van der Waals surface area contributed by atoms with E-state index in [-0.39, 0.29) is 5.75 Å². The SMILES string of the molecule is Oc1ccc(C2(O)CC2)cc1OCc1ccccc1. The fourth-order valence-corrected chi connectivity index (χ4v) is 2.06. The number of hydrogen-bond acceptors (Lipinski definition) is 3. The highest BCUT2D eigenvalue weighted by Gasteiger charge is 2.42. The lowest BCUT2D eigenvalue weighted by Crippen LogP contribution is -2.04. The van der Waals surface area contributed by atoms with Crippen LogP contribution < -0.4 is 4.74 Å². The summed E-state index contributed by atoms with van der Waals surface area (Å²) in [5.41, 5.74) is 1.14. The third kappa shape index (κ3) is 2.56. The van der Waals surface area contributed by atoms with Gasteiger partial charge in [0, 0.05) is 0 Å². The standard InChI is InChI=1S/C16H16O3/c17-14-7-6-13(16(18)8-9-16)10-15(14)19-11-12-4-2-1-3-5-12/h1-7,10,17-18H,8-9,11H2. The first-order chi connectivity index (χ1) is 9.17. The fourth-order valence-electron chi connectivity index (χ4n) is 2.06. The first kappa shape index (κ1) is 12.1. The van der Waals surface area contributed by atoms with Crippen molar-refractivity contribution in [2.24, 2.45) is 0 Å². The highest BCUT2D eigenvalue weighted by Crippen LogP contribution is 2.47. The van der Waals surface area contributed by atoms with Gasteiger partial charge in [-0.05, 0) is 36.1 Å². The Bertz CT molecular complexity index is 574. The van der Waals surface area contributed by atoms with Gasteiger partial charge in [0.1, 0.15) is 6.61 Å². The molecule has 3 rings (SSSR count). The van der Waals surface area contributed by atoms with E-state index in [2.05, 4.69) is 0 Å². The van der Waals surface area contributed by atoms with Crippen molar-refractivity contribution >= 4 is 0 Å². The van der Waals surface area contributed by atoms with Crippen molar-refractivity contribution in [3.05, 3.63) is 59.7 Å². The molecule has 2 N–H and O–H groups in total. The Morgan fingerprint density at radius 1 is 1.05 bits per heavy atom. The monoisotopic (exact) mass is 256 g/mol. The van der Waals surface area contributed by atoms with E-state index in [4.69, 9.17) is 4.74 Å². The number of benzene rings is 2. The molecule has 0 radical (unpaired) electrons. The van der Waals surface area contributed by atoms with Gasteiger partial charge in [-0.3, -0.25) is 0 Å². The van der Waals surface area contributed by atoms with Crippen LogP contribution in [0.15, 0.2) is 48.5 Å². The molecule has 3 nitrogen and oxygen atoms in total. The van der Waals surface area contributed by atoms with Crippen LogP contribution in [0.5, 0.6) is 11.5 Å². The molecule has 98 valence electrons. The summed E-state index contributed by atoms with van der Waals surface area (Å²) in [7, 11) is 0. The summed E-state index contributed by atoms with van der Waals surface area (Å²) >= 11 is 0. The molecule has 3 heteroatoms. The molecule has 1 aliphatic carbocycles. The average molecular weight is 256 g/mol. The normalized spacial score (nSPS) is 16.1. The number of phenols is 1. The van der Waals surface area contributed by atoms with Gasteiger partial charge in [0.05, 0.1) is 5.60 Å². The molecule has 0 amide bonds. The van der Waals surface area contributed by atoms with Crippen LogP contribution in [0.3, 0.4) is 0 Å². The minimum absolute atomic E-state index is 0.101. The zero-order valence-electron chi connectivity index (χ0n) is 10.5. The summed E-state index contributed by atoms with van der Waals surface area (Å²) < 4.78 is 5.63. The molecule has 0 unspecified atom stereocenters. The predicted octanol–water partition coefficient (Wildman–Crippen LogP) is 2.95. The second-order valence-corrected chi connectivity index (χ2v) is 4.99. The second-order valence-electron chi connectivity index (χ2n) is 4.99. The molecule has 0 saturated heterocycles. The summed E-state index contributed by atoms with van der Waals surface area (Å²) in [6.45, 7) is 0.399. The maximum atomic E-state index is 10.1. The van der Waals surface area contributed by atoms with E-state index < -0.39 is 5.60 Å². The van der Waals surface area contributed by atoms with Gasteiger partial charge >= 0.3 is 0 Å². The van der Waals surface area contributed by atoms with E-state index in [0.29, 0.717) is 12.4 Å². The molecule has 0 heterocycles. The number of aliphatic hydroxyl groups is 1. The summed E-state index contributed by atoms with van der Waals surface area (Å²) in [5.74, 6) is 0.519. The maximum Gasteiger partial charge on any atom is 0.161 e. The number of rotatable bonds is 4. The Balaban J connectivity index is 1.77. The smallest absolute Gasteiger partial charge is 0.161 e. The lowest BCUT2D eigenvalue weighted by molar-refractivity contribution is 0.150. The highest BCUT2D eigenvalue weighted by atomic mass is 16.5. The van der Waals surface area contributed by atoms with Crippen LogP contribution in [0.1, 0.15) is 24.0 Å². The van der Waals surface area contributed by atoms with E-state index in [1.165, 1.54) is 0 Å². The fraction of sp³-hybridized carbons (Fsp3) is 0.250. The Hall–Kier alpha value is -2.00. The summed E-state index contributed by atoms with van der Waals surface area (Å²) in [5, 5.41) is 19.9. The van der Waals surface area contributed by atoms with E-state index in [1.807, 2.05) is 30.3 Å². The van der Waals surface area contributed by atoms with Gasteiger partial charge in [-0.2, -0.15) is 0 Å². The predicted molar refractivity (Wildman–Crippen MR) is 72.0 cm³/mol. The number of aromatic hydroxyl groups is 1.